The van der Waals surface area contributed by atoms with Crippen molar-refractivity contribution in [3.8, 4) is 11.5 Å². The quantitative estimate of drug-likeness (QED) is 0.320. The zero-order chi connectivity index (χ0) is 26.1. The van der Waals surface area contributed by atoms with Crippen LogP contribution in [0.1, 0.15) is 72.8 Å². The monoisotopic (exact) mass is 479 g/mol. The Bertz CT molecular complexity index is 884. The minimum Gasteiger partial charge on any atom is -0.480 e. The third-order valence-corrected chi connectivity index (χ3v) is 5.68. The SMILES string of the molecule is CCC(=O)O[C@@H](C)CC(N)(Cc1ccc(OC(=O)C(C)CC)c(OC(=O)C(C)CC)c1)C(=O)O. The van der Waals surface area contributed by atoms with Gasteiger partial charge in [0.25, 0.3) is 0 Å². The van der Waals surface area contributed by atoms with E-state index in [2.05, 4.69) is 0 Å². The van der Waals surface area contributed by atoms with Gasteiger partial charge < -0.3 is 25.1 Å². The second kappa shape index (κ2) is 13.1. The highest BCUT2D eigenvalue weighted by Crippen LogP contribution is 2.32. The van der Waals surface area contributed by atoms with Crippen LogP contribution >= 0.6 is 0 Å². The van der Waals surface area contributed by atoms with Gasteiger partial charge in [0.05, 0.1) is 11.8 Å². The van der Waals surface area contributed by atoms with E-state index in [9.17, 15) is 24.3 Å². The molecule has 0 radical (unpaired) electrons. The molecular weight excluding hydrogens is 442 g/mol. The molecule has 0 aliphatic heterocycles. The van der Waals surface area contributed by atoms with E-state index in [-0.39, 0.29) is 42.6 Å². The molecule has 1 rings (SSSR count). The molecule has 1 aromatic rings. The highest BCUT2D eigenvalue weighted by atomic mass is 16.6. The van der Waals surface area contributed by atoms with Gasteiger partial charge in [-0.3, -0.25) is 19.2 Å². The summed E-state index contributed by atoms with van der Waals surface area (Å²) in [5, 5.41) is 9.80. The molecule has 34 heavy (non-hydrogen) atoms. The number of hydrogen-bond donors (Lipinski definition) is 2. The lowest BCUT2D eigenvalue weighted by atomic mass is 9.86. The Morgan fingerprint density at radius 1 is 0.941 bits per heavy atom. The average Bonchev–Trinajstić information content (AvgIpc) is 2.78. The minimum absolute atomic E-state index is 0.0117. The number of hydrogen-bond acceptors (Lipinski definition) is 8. The zero-order valence-electron chi connectivity index (χ0n) is 20.9. The zero-order valence-corrected chi connectivity index (χ0v) is 20.9. The smallest absolute Gasteiger partial charge is 0.324 e. The molecule has 3 unspecified atom stereocenters. The van der Waals surface area contributed by atoms with Crippen LogP contribution in [0.2, 0.25) is 0 Å². The lowest BCUT2D eigenvalue weighted by molar-refractivity contribution is -0.153. The van der Waals surface area contributed by atoms with Crippen LogP contribution < -0.4 is 15.2 Å². The van der Waals surface area contributed by atoms with Crippen molar-refractivity contribution in [3.05, 3.63) is 23.8 Å². The van der Waals surface area contributed by atoms with Crippen molar-refractivity contribution in [1.82, 2.24) is 0 Å². The van der Waals surface area contributed by atoms with Crippen LogP contribution in [-0.2, 0) is 30.3 Å². The van der Waals surface area contributed by atoms with Crippen molar-refractivity contribution in [3.63, 3.8) is 0 Å². The number of aliphatic carboxylic acids is 1. The van der Waals surface area contributed by atoms with Gasteiger partial charge in [-0.1, -0.05) is 40.7 Å². The molecule has 3 N–H and O–H groups in total. The summed E-state index contributed by atoms with van der Waals surface area (Å²) >= 11 is 0. The van der Waals surface area contributed by atoms with E-state index in [0.717, 1.165) is 0 Å². The van der Waals surface area contributed by atoms with Crippen LogP contribution in [0.15, 0.2) is 18.2 Å². The van der Waals surface area contributed by atoms with E-state index in [1.54, 1.807) is 33.8 Å². The average molecular weight is 480 g/mol. The summed E-state index contributed by atoms with van der Waals surface area (Å²) in [7, 11) is 0. The van der Waals surface area contributed by atoms with Crippen LogP contribution in [0.3, 0.4) is 0 Å². The Morgan fingerprint density at radius 3 is 1.94 bits per heavy atom. The summed E-state index contributed by atoms with van der Waals surface area (Å²) in [6, 6.07) is 4.47. The molecule has 0 aromatic heterocycles. The van der Waals surface area contributed by atoms with Crippen molar-refractivity contribution >= 4 is 23.9 Å². The van der Waals surface area contributed by atoms with Crippen LogP contribution in [0.4, 0.5) is 0 Å². The Balaban J connectivity index is 3.26. The van der Waals surface area contributed by atoms with Crippen molar-refractivity contribution in [1.29, 1.82) is 0 Å². The molecule has 0 aliphatic carbocycles. The molecule has 0 heterocycles. The van der Waals surface area contributed by atoms with Crippen LogP contribution in [0, 0.1) is 11.8 Å². The Labute approximate surface area is 200 Å². The van der Waals surface area contributed by atoms with Gasteiger partial charge in [-0.25, -0.2) is 0 Å². The van der Waals surface area contributed by atoms with E-state index < -0.39 is 35.5 Å². The second-order valence-electron chi connectivity index (χ2n) is 8.74. The molecule has 0 saturated heterocycles. The third kappa shape index (κ3) is 8.44. The first-order valence-corrected chi connectivity index (χ1v) is 11.6. The van der Waals surface area contributed by atoms with Gasteiger partial charge in [0.1, 0.15) is 11.6 Å². The van der Waals surface area contributed by atoms with Gasteiger partial charge >= 0.3 is 23.9 Å². The fourth-order valence-electron chi connectivity index (χ4n) is 3.04. The summed E-state index contributed by atoms with van der Waals surface area (Å²) < 4.78 is 16.1. The van der Waals surface area contributed by atoms with Crippen molar-refractivity contribution in [2.45, 2.75) is 85.3 Å². The first-order valence-electron chi connectivity index (χ1n) is 11.6. The Kier molecular flexibility index (Phi) is 11.2. The first kappa shape index (κ1) is 29.1. The van der Waals surface area contributed by atoms with Gasteiger partial charge in [-0.05, 0) is 37.5 Å². The summed E-state index contributed by atoms with van der Waals surface area (Å²) in [4.78, 5) is 48.3. The van der Waals surface area contributed by atoms with Gasteiger partial charge in [0, 0.05) is 19.3 Å². The van der Waals surface area contributed by atoms with E-state index in [1.165, 1.54) is 12.1 Å². The van der Waals surface area contributed by atoms with E-state index in [1.807, 2.05) is 13.8 Å². The second-order valence-corrected chi connectivity index (χ2v) is 8.74. The number of carboxylic acid groups (broad SMARTS) is 1. The number of rotatable bonds is 13. The third-order valence-electron chi connectivity index (χ3n) is 5.68. The fraction of sp³-hybridized carbons (Fsp3) is 0.600. The van der Waals surface area contributed by atoms with Crippen LogP contribution in [-0.4, -0.2) is 40.6 Å². The molecule has 0 saturated carbocycles. The molecule has 4 atom stereocenters. The number of carbonyl (C=O) groups is 4. The van der Waals surface area contributed by atoms with Gasteiger partial charge in [-0.2, -0.15) is 0 Å². The van der Waals surface area contributed by atoms with Crippen LogP contribution in [0.25, 0.3) is 0 Å². The number of nitrogens with two attached hydrogens (primary N) is 1. The number of ether oxygens (including phenoxy) is 3. The summed E-state index contributed by atoms with van der Waals surface area (Å²) in [6.45, 7) is 10.3. The fourth-order valence-corrected chi connectivity index (χ4v) is 3.04. The number of esters is 3. The Morgan fingerprint density at radius 2 is 1.47 bits per heavy atom. The molecule has 0 amide bonds. The van der Waals surface area contributed by atoms with Crippen LogP contribution in [0.5, 0.6) is 11.5 Å². The first-order chi connectivity index (χ1) is 15.9. The number of carbonyl (C=O) groups excluding carboxylic acids is 3. The lowest BCUT2D eigenvalue weighted by Crippen LogP contribution is -2.52. The molecule has 1 aromatic carbocycles. The molecule has 9 nitrogen and oxygen atoms in total. The molecule has 0 spiro atoms. The largest absolute Gasteiger partial charge is 0.480 e. The van der Waals surface area contributed by atoms with Crippen molar-refractivity contribution in [2.24, 2.45) is 17.6 Å². The van der Waals surface area contributed by atoms with Gasteiger partial charge in [-0.15, -0.1) is 0 Å². The maximum absolute atomic E-state index is 12.4. The van der Waals surface area contributed by atoms with E-state index in [0.29, 0.717) is 18.4 Å². The number of benzene rings is 1. The van der Waals surface area contributed by atoms with Crippen molar-refractivity contribution in [2.75, 3.05) is 0 Å². The van der Waals surface area contributed by atoms with Gasteiger partial charge in [0.2, 0.25) is 0 Å². The molecular formula is C25H37NO8. The molecule has 190 valence electrons. The maximum atomic E-state index is 12.4. The minimum atomic E-state index is -1.75. The summed E-state index contributed by atoms with van der Waals surface area (Å²) in [5.74, 6) is -3.35. The standard InChI is InChI=1S/C25H37NO8/c1-7-15(4)22(28)33-19-11-10-18(12-20(19)34-23(29)16(5)8-2)14-25(26,24(30)31)13-17(6)32-21(27)9-3/h10-12,15-17H,7-9,13-14,26H2,1-6H3,(H,30,31)/t15?,16?,17-,25?/m0/s1. The van der Waals surface area contributed by atoms with E-state index in [4.69, 9.17) is 19.9 Å². The highest BCUT2D eigenvalue weighted by molar-refractivity contribution is 5.80. The normalized spacial score (nSPS) is 15.4. The predicted molar refractivity (Wildman–Crippen MR) is 125 cm³/mol. The number of carboxylic acids is 1. The lowest BCUT2D eigenvalue weighted by Gasteiger charge is -2.28. The summed E-state index contributed by atoms with van der Waals surface area (Å²) in [5.41, 5.74) is 4.91. The highest BCUT2D eigenvalue weighted by Gasteiger charge is 2.37. The summed E-state index contributed by atoms with van der Waals surface area (Å²) in [6.07, 6.45) is 0.321. The molecule has 0 bridgehead atoms. The topological polar surface area (TPSA) is 142 Å². The molecule has 9 heteroatoms. The predicted octanol–water partition coefficient (Wildman–Crippen LogP) is 3.65. The molecule has 0 fully saturated rings. The van der Waals surface area contributed by atoms with E-state index >= 15 is 0 Å². The Hall–Kier alpha value is -2.94. The van der Waals surface area contributed by atoms with Crippen molar-refractivity contribution < 1.29 is 38.5 Å². The molecule has 0 aliphatic rings. The maximum Gasteiger partial charge on any atom is 0.324 e. The van der Waals surface area contributed by atoms with Gasteiger partial charge in [0.15, 0.2) is 11.5 Å².